The Morgan fingerprint density at radius 3 is 2.36 bits per heavy atom. The van der Waals surface area contributed by atoms with E-state index in [1.54, 1.807) is 6.07 Å². The molecule has 0 aromatic carbocycles. The lowest BCUT2D eigenvalue weighted by atomic mass is 9.99. The summed E-state index contributed by atoms with van der Waals surface area (Å²) in [6.07, 6.45) is 3.80. The first-order valence-corrected chi connectivity index (χ1v) is 9.31. The normalized spacial score (nSPS) is 24.0. The first-order chi connectivity index (χ1) is 12.2. The summed E-state index contributed by atoms with van der Waals surface area (Å²) < 4.78 is 11.4. The van der Waals surface area contributed by atoms with E-state index in [-0.39, 0.29) is 5.91 Å². The Hall–Kier alpha value is -1.73. The average Bonchev–Trinajstić information content (AvgIpc) is 3.11. The molecule has 1 spiro atoms. The molecular weight excluding hydrogens is 320 g/mol. The van der Waals surface area contributed by atoms with Gasteiger partial charge in [-0.2, -0.15) is 0 Å². The van der Waals surface area contributed by atoms with E-state index in [0.717, 1.165) is 37.7 Å². The Morgan fingerprint density at radius 1 is 1.08 bits per heavy atom. The number of anilines is 1. The molecule has 7 nitrogen and oxygen atoms in total. The molecule has 0 N–H and O–H groups in total. The topological polar surface area (TPSA) is 67.8 Å². The van der Waals surface area contributed by atoms with Crippen molar-refractivity contribution in [3.05, 3.63) is 17.8 Å². The number of ether oxygens (including phenoxy) is 2. The summed E-state index contributed by atoms with van der Waals surface area (Å²) >= 11 is 0. The third-order valence-corrected chi connectivity index (χ3v) is 5.60. The number of hydrogen-bond acceptors (Lipinski definition) is 6. The zero-order valence-corrected chi connectivity index (χ0v) is 14.8. The van der Waals surface area contributed by atoms with E-state index in [1.807, 2.05) is 11.0 Å². The Morgan fingerprint density at radius 2 is 1.76 bits per heavy atom. The molecule has 0 atom stereocenters. The van der Waals surface area contributed by atoms with Crippen LogP contribution in [0.1, 0.15) is 43.1 Å². The Kier molecular flexibility index (Phi) is 4.60. The Labute approximate surface area is 148 Å². The van der Waals surface area contributed by atoms with E-state index >= 15 is 0 Å². The lowest BCUT2D eigenvalue weighted by molar-refractivity contribution is -0.181. The van der Waals surface area contributed by atoms with Gasteiger partial charge < -0.3 is 19.3 Å². The van der Waals surface area contributed by atoms with Crippen LogP contribution < -0.4 is 4.90 Å². The molecule has 4 heterocycles. The fourth-order valence-corrected chi connectivity index (χ4v) is 3.84. The molecule has 0 unspecified atom stereocenters. The molecule has 3 aliphatic rings. The van der Waals surface area contributed by atoms with Crippen molar-refractivity contribution >= 4 is 11.7 Å². The van der Waals surface area contributed by atoms with Crippen LogP contribution in [0.3, 0.4) is 0 Å². The van der Waals surface area contributed by atoms with Crippen molar-refractivity contribution in [2.45, 2.75) is 38.4 Å². The van der Waals surface area contributed by atoms with Crippen LogP contribution in [0.2, 0.25) is 0 Å². The molecule has 0 radical (unpaired) electrons. The van der Waals surface area contributed by atoms with Crippen molar-refractivity contribution < 1.29 is 14.3 Å². The van der Waals surface area contributed by atoms with Gasteiger partial charge in [-0.05, 0) is 30.9 Å². The van der Waals surface area contributed by atoms with E-state index in [2.05, 4.69) is 22.0 Å². The lowest BCUT2D eigenvalue weighted by Gasteiger charge is -2.37. The van der Waals surface area contributed by atoms with Gasteiger partial charge in [-0.25, -0.2) is 0 Å². The van der Waals surface area contributed by atoms with Crippen molar-refractivity contribution in [1.29, 1.82) is 0 Å². The van der Waals surface area contributed by atoms with E-state index in [0.29, 0.717) is 32.0 Å². The zero-order valence-electron chi connectivity index (χ0n) is 14.8. The largest absolute Gasteiger partial charge is 0.355 e. The SMILES string of the molecule is CC1CCN(c2ccc(C(=O)N3CCC4(CC3)OCCO4)nn2)CC1. The minimum Gasteiger partial charge on any atom is -0.355 e. The average molecular weight is 346 g/mol. The first kappa shape index (κ1) is 16.7. The molecule has 1 aromatic heterocycles. The molecule has 1 amide bonds. The van der Waals surface area contributed by atoms with Crippen LogP contribution in [-0.2, 0) is 9.47 Å². The summed E-state index contributed by atoms with van der Waals surface area (Å²) in [6.45, 7) is 6.87. The predicted octanol–water partition coefficient (Wildman–Crippen LogP) is 1.69. The number of amides is 1. The third kappa shape index (κ3) is 3.48. The number of likely N-dealkylation sites (tertiary alicyclic amines) is 1. The molecule has 136 valence electrons. The monoisotopic (exact) mass is 346 g/mol. The predicted molar refractivity (Wildman–Crippen MR) is 92.4 cm³/mol. The second-order valence-electron chi connectivity index (χ2n) is 7.35. The van der Waals surface area contributed by atoms with Gasteiger partial charge in [0.15, 0.2) is 17.3 Å². The van der Waals surface area contributed by atoms with Crippen molar-refractivity contribution in [2.75, 3.05) is 44.3 Å². The zero-order chi connectivity index (χ0) is 17.3. The Bertz CT molecular complexity index is 597. The number of aromatic nitrogens is 2. The van der Waals surface area contributed by atoms with Gasteiger partial charge >= 0.3 is 0 Å². The second kappa shape index (κ2) is 6.88. The van der Waals surface area contributed by atoms with Crippen LogP contribution in [0.15, 0.2) is 12.1 Å². The number of hydrogen-bond donors (Lipinski definition) is 0. The van der Waals surface area contributed by atoms with Crippen molar-refractivity contribution in [3.8, 4) is 0 Å². The van der Waals surface area contributed by atoms with Crippen molar-refractivity contribution in [3.63, 3.8) is 0 Å². The second-order valence-corrected chi connectivity index (χ2v) is 7.35. The van der Waals surface area contributed by atoms with E-state index in [4.69, 9.17) is 9.47 Å². The third-order valence-electron chi connectivity index (χ3n) is 5.60. The number of nitrogens with zero attached hydrogens (tertiary/aromatic N) is 4. The summed E-state index contributed by atoms with van der Waals surface area (Å²) in [5.41, 5.74) is 0.415. The highest BCUT2D eigenvalue weighted by Gasteiger charge is 2.41. The van der Waals surface area contributed by atoms with E-state index < -0.39 is 5.79 Å². The molecule has 3 aliphatic heterocycles. The van der Waals surface area contributed by atoms with Crippen LogP contribution in [0.5, 0.6) is 0 Å². The highest BCUT2D eigenvalue weighted by molar-refractivity contribution is 5.92. The fraction of sp³-hybridized carbons (Fsp3) is 0.722. The van der Waals surface area contributed by atoms with Gasteiger partial charge in [0.05, 0.1) is 13.2 Å². The molecule has 25 heavy (non-hydrogen) atoms. The molecule has 7 heteroatoms. The molecule has 3 fully saturated rings. The van der Waals surface area contributed by atoms with Gasteiger partial charge in [0.2, 0.25) is 0 Å². The highest BCUT2D eigenvalue weighted by Crippen LogP contribution is 2.31. The first-order valence-electron chi connectivity index (χ1n) is 9.31. The maximum Gasteiger partial charge on any atom is 0.274 e. The van der Waals surface area contributed by atoms with Crippen LogP contribution in [-0.4, -0.2) is 66.2 Å². The number of piperidine rings is 2. The van der Waals surface area contributed by atoms with Gasteiger partial charge in [0, 0.05) is 39.0 Å². The Balaban J connectivity index is 1.36. The lowest BCUT2D eigenvalue weighted by Crippen LogP contribution is -2.47. The standard InChI is InChI=1S/C18H26N4O3/c1-14-4-8-21(9-5-14)16-3-2-15(19-20-16)17(23)22-10-6-18(7-11-22)24-12-13-25-18/h2-3,14H,4-13H2,1H3. The van der Waals surface area contributed by atoms with Gasteiger partial charge in [-0.1, -0.05) is 6.92 Å². The van der Waals surface area contributed by atoms with Crippen molar-refractivity contribution in [2.24, 2.45) is 5.92 Å². The van der Waals surface area contributed by atoms with Gasteiger partial charge in [0.1, 0.15) is 0 Å². The van der Waals surface area contributed by atoms with E-state index in [9.17, 15) is 4.79 Å². The summed E-state index contributed by atoms with van der Waals surface area (Å²) in [5.74, 6) is 1.13. The summed E-state index contributed by atoms with van der Waals surface area (Å²) in [4.78, 5) is 16.7. The molecule has 1 aromatic rings. The van der Waals surface area contributed by atoms with Crippen LogP contribution in [0.25, 0.3) is 0 Å². The highest BCUT2D eigenvalue weighted by atomic mass is 16.7. The van der Waals surface area contributed by atoms with Gasteiger partial charge in [0.25, 0.3) is 5.91 Å². The number of carbonyl (C=O) groups excluding carboxylic acids is 1. The van der Waals surface area contributed by atoms with Gasteiger partial charge in [-0.15, -0.1) is 10.2 Å². The van der Waals surface area contributed by atoms with Crippen molar-refractivity contribution in [1.82, 2.24) is 15.1 Å². The smallest absolute Gasteiger partial charge is 0.274 e. The van der Waals surface area contributed by atoms with Crippen LogP contribution in [0.4, 0.5) is 5.82 Å². The van der Waals surface area contributed by atoms with Gasteiger partial charge in [-0.3, -0.25) is 4.79 Å². The molecule has 3 saturated heterocycles. The number of carbonyl (C=O) groups is 1. The molecule has 0 aliphatic carbocycles. The van der Waals surface area contributed by atoms with Crippen LogP contribution >= 0.6 is 0 Å². The minimum atomic E-state index is -0.461. The number of rotatable bonds is 2. The minimum absolute atomic E-state index is 0.0563. The van der Waals surface area contributed by atoms with E-state index in [1.165, 1.54) is 12.8 Å². The van der Waals surface area contributed by atoms with Crippen LogP contribution in [0, 0.1) is 5.92 Å². The quantitative estimate of drug-likeness (QED) is 0.812. The summed E-state index contributed by atoms with van der Waals surface area (Å²) in [5, 5.41) is 8.48. The molecule has 4 rings (SSSR count). The maximum atomic E-state index is 12.7. The molecule has 0 bridgehead atoms. The maximum absolute atomic E-state index is 12.7. The fourth-order valence-electron chi connectivity index (χ4n) is 3.84. The molecular formula is C18H26N4O3. The summed E-state index contributed by atoms with van der Waals surface area (Å²) in [6, 6.07) is 3.72. The molecule has 0 saturated carbocycles. The summed E-state index contributed by atoms with van der Waals surface area (Å²) in [7, 11) is 0.